The lowest BCUT2D eigenvalue weighted by Gasteiger charge is -2.34. The molecule has 0 bridgehead atoms. The van der Waals surface area contributed by atoms with E-state index in [4.69, 9.17) is 30.4 Å². The van der Waals surface area contributed by atoms with E-state index >= 15 is 0 Å². The Labute approximate surface area is 346 Å². The largest absolute Gasteiger partial charge is 0.507 e. The number of aromatic hydroxyl groups is 2. The van der Waals surface area contributed by atoms with E-state index in [-0.39, 0.29) is 17.6 Å². The average molecular weight is 797 g/mol. The quantitative estimate of drug-likeness (QED) is 0.111. The molecule has 12 nitrogen and oxygen atoms in total. The lowest BCUT2D eigenvalue weighted by Crippen LogP contribution is -2.41. The number of benzene rings is 4. The molecule has 2 aliphatic rings. The number of aromatic nitrogens is 4. The van der Waals surface area contributed by atoms with Crippen molar-refractivity contribution in [2.75, 3.05) is 55.7 Å². The molecule has 0 spiro atoms. The molecule has 4 aromatic carbocycles. The highest BCUT2D eigenvalue weighted by atomic mass is 16.5. The summed E-state index contributed by atoms with van der Waals surface area (Å²) in [7, 11) is 0. The van der Waals surface area contributed by atoms with Crippen molar-refractivity contribution in [1.29, 1.82) is 0 Å². The van der Waals surface area contributed by atoms with Gasteiger partial charge < -0.3 is 35.8 Å². The van der Waals surface area contributed by atoms with Crippen molar-refractivity contribution < 1.29 is 19.7 Å². The summed E-state index contributed by atoms with van der Waals surface area (Å²) in [4.78, 5) is 35.9. The highest BCUT2D eigenvalue weighted by Crippen LogP contribution is 2.35. The number of phenols is 2. The number of amides is 1. The van der Waals surface area contributed by atoms with E-state index in [0.29, 0.717) is 60.2 Å². The number of nitrogens with zero attached hydrogens (tertiary/aromatic N) is 6. The number of alkyl carbamates (subject to hydrolysis) is 1. The Hall–Kier alpha value is -6.01. The number of piperidine rings is 2. The first kappa shape index (κ1) is 41.2. The van der Waals surface area contributed by atoms with Crippen LogP contribution < -0.4 is 20.9 Å². The fraction of sp³-hybridized carbons (Fsp3) is 0.383. The fourth-order valence-corrected chi connectivity index (χ4v) is 7.89. The molecule has 0 radical (unpaired) electrons. The molecule has 2 aliphatic heterocycles. The maximum atomic E-state index is 12.0. The number of nitrogens with two attached hydrogens (primary N) is 1. The molecule has 2 atom stereocenters. The molecule has 0 aliphatic carbocycles. The maximum absolute atomic E-state index is 12.0. The predicted molar refractivity (Wildman–Crippen MR) is 236 cm³/mol. The van der Waals surface area contributed by atoms with E-state index in [1.54, 1.807) is 24.3 Å². The number of hydrogen-bond acceptors (Lipinski definition) is 11. The number of phenolic OH excluding ortho intramolecular Hbond substituents is 2. The number of anilines is 2. The van der Waals surface area contributed by atoms with E-state index in [1.165, 1.54) is 6.42 Å². The smallest absolute Gasteiger partial charge is 0.407 e. The van der Waals surface area contributed by atoms with E-state index in [0.717, 1.165) is 90.0 Å². The lowest BCUT2D eigenvalue weighted by molar-refractivity contribution is 0.131. The van der Waals surface area contributed by atoms with Gasteiger partial charge in [-0.15, -0.1) is 0 Å². The number of ether oxygens (including phenoxy) is 1. The molecule has 2 saturated heterocycles. The number of carbonyl (C=O) groups excluding carboxylic acids is 1. The van der Waals surface area contributed by atoms with Crippen LogP contribution in [0, 0.1) is 31.6 Å². The van der Waals surface area contributed by atoms with Gasteiger partial charge in [0.15, 0.2) is 11.6 Å². The van der Waals surface area contributed by atoms with Crippen LogP contribution in [-0.4, -0.2) is 82.1 Å². The van der Waals surface area contributed by atoms with Crippen molar-refractivity contribution in [3.05, 3.63) is 96.1 Å². The first-order valence-electron chi connectivity index (χ1n) is 20.8. The Morgan fingerprint density at radius 2 is 1.24 bits per heavy atom. The van der Waals surface area contributed by atoms with Crippen LogP contribution in [0.1, 0.15) is 50.7 Å². The number of nitrogens with one attached hydrogen (secondary N) is 1. The fourth-order valence-electron chi connectivity index (χ4n) is 7.89. The van der Waals surface area contributed by atoms with Crippen LogP contribution in [0.4, 0.5) is 16.4 Å². The molecular formula is C47H56N8O4. The van der Waals surface area contributed by atoms with Gasteiger partial charge in [-0.2, -0.15) is 0 Å². The van der Waals surface area contributed by atoms with Gasteiger partial charge in [0.05, 0.1) is 28.8 Å². The SMILES string of the molecule is Cc1ccc2c(N3CCCC(CN)C3)nc(-c3ccccc3O)nc2c1.Cc1ccc2c(N3CCCC(CNC(=O)OCC(C)C)C3)nc(-c3ccccc3O)nc2c1. The number of hydrogen-bond donors (Lipinski definition) is 4. The molecule has 8 rings (SSSR count). The lowest BCUT2D eigenvalue weighted by atomic mass is 9.97. The number of fused-ring (bicyclic) bond motifs is 2. The summed E-state index contributed by atoms with van der Waals surface area (Å²) in [6.45, 7) is 13.4. The minimum Gasteiger partial charge on any atom is -0.507 e. The van der Waals surface area contributed by atoms with Crippen LogP contribution in [0.2, 0.25) is 0 Å². The van der Waals surface area contributed by atoms with Crippen LogP contribution in [0.25, 0.3) is 44.6 Å². The van der Waals surface area contributed by atoms with Gasteiger partial charge in [0.25, 0.3) is 0 Å². The molecule has 1 amide bonds. The monoisotopic (exact) mass is 796 g/mol. The van der Waals surface area contributed by atoms with Crippen LogP contribution in [0.3, 0.4) is 0 Å². The van der Waals surface area contributed by atoms with Crippen LogP contribution >= 0.6 is 0 Å². The molecule has 2 fully saturated rings. The molecule has 12 heteroatoms. The highest BCUT2D eigenvalue weighted by Gasteiger charge is 2.26. The first-order chi connectivity index (χ1) is 28.6. The summed E-state index contributed by atoms with van der Waals surface area (Å²) < 4.78 is 5.24. The van der Waals surface area contributed by atoms with Crippen molar-refractivity contribution in [2.45, 2.75) is 53.4 Å². The van der Waals surface area contributed by atoms with Crippen LogP contribution in [0.5, 0.6) is 11.5 Å². The summed E-state index contributed by atoms with van der Waals surface area (Å²) >= 11 is 0. The molecule has 59 heavy (non-hydrogen) atoms. The standard InChI is InChI=1S/C26H32N4O3.C21H24N4O/c1-17(2)16-33-26(32)27-14-19-7-6-12-30(15-19)25-20-11-10-18(3)13-22(20)28-24(29-25)21-8-4-5-9-23(21)31;1-14-8-9-16-18(11-14)23-20(17-6-2-3-7-19(17)26)24-21(16)25-10-4-5-15(12-22)13-25/h4-5,8-11,13,17,19,31H,6-7,12,14-16H2,1-3H3,(H,27,32);2-3,6-9,11,15,26H,4-5,10,12-13,22H2,1H3. The first-order valence-corrected chi connectivity index (χ1v) is 20.8. The van der Waals surface area contributed by atoms with Crippen molar-refractivity contribution >= 4 is 39.5 Å². The van der Waals surface area contributed by atoms with Crippen LogP contribution in [0.15, 0.2) is 84.9 Å². The molecule has 2 unspecified atom stereocenters. The second-order valence-corrected chi connectivity index (χ2v) is 16.3. The van der Waals surface area contributed by atoms with Crippen molar-refractivity contribution in [3.8, 4) is 34.3 Å². The molecule has 5 N–H and O–H groups in total. The molecule has 6 aromatic rings. The normalized spacial score (nSPS) is 16.8. The predicted octanol–water partition coefficient (Wildman–Crippen LogP) is 8.40. The summed E-state index contributed by atoms with van der Waals surface area (Å²) in [5.74, 6) is 4.34. The summed E-state index contributed by atoms with van der Waals surface area (Å²) in [5, 5.41) is 25.6. The number of para-hydroxylation sites is 2. The van der Waals surface area contributed by atoms with Gasteiger partial charge in [0, 0.05) is 43.5 Å². The average Bonchev–Trinajstić information content (AvgIpc) is 3.24. The molecule has 308 valence electrons. The Bertz CT molecular complexity index is 2400. The number of rotatable bonds is 9. The second-order valence-electron chi connectivity index (χ2n) is 16.3. The van der Waals surface area contributed by atoms with Gasteiger partial charge in [-0.3, -0.25) is 0 Å². The minimum atomic E-state index is -0.356. The summed E-state index contributed by atoms with van der Waals surface area (Å²) in [6, 6.07) is 26.8. The van der Waals surface area contributed by atoms with Crippen molar-refractivity contribution in [2.24, 2.45) is 23.5 Å². The van der Waals surface area contributed by atoms with Gasteiger partial charge in [-0.1, -0.05) is 50.2 Å². The van der Waals surface area contributed by atoms with E-state index in [2.05, 4.69) is 58.4 Å². The maximum Gasteiger partial charge on any atom is 0.407 e. The van der Waals surface area contributed by atoms with Crippen molar-refractivity contribution in [1.82, 2.24) is 25.3 Å². The number of aryl methyl sites for hydroxylation is 2. The van der Waals surface area contributed by atoms with Gasteiger partial charge in [-0.05, 0) is 123 Å². The zero-order valence-electron chi connectivity index (χ0n) is 34.6. The van der Waals surface area contributed by atoms with E-state index in [1.807, 2.05) is 45.0 Å². The Balaban J connectivity index is 0.000000184. The topological polar surface area (TPSA) is 163 Å². The molecular weight excluding hydrogens is 741 g/mol. The third-order valence-electron chi connectivity index (χ3n) is 11.0. The zero-order chi connectivity index (χ0) is 41.5. The minimum absolute atomic E-state index is 0.163. The van der Waals surface area contributed by atoms with Crippen LogP contribution in [-0.2, 0) is 4.74 Å². The Morgan fingerprint density at radius 1 is 0.746 bits per heavy atom. The second kappa shape index (κ2) is 18.7. The molecule has 2 aromatic heterocycles. The van der Waals surface area contributed by atoms with Gasteiger partial charge >= 0.3 is 6.09 Å². The van der Waals surface area contributed by atoms with Gasteiger partial charge in [0.1, 0.15) is 23.1 Å². The van der Waals surface area contributed by atoms with E-state index < -0.39 is 0 Å². The zero-order valence-corrected chi connectivity index (χ0v) is 34.6. The van der Waals surface area contributed by atoms with Crippen molar-refractivity contribution in [3.63, 3.8) is 0 Å². The third kappa shape index (κ3) is 10.00. The Morgan fingerprint density at radius 3 is 1.73 bits per heavy atom. The number of carbonyl (C=O) groups is 1. The highest BCUT2D eigenvalue weighted by molar-refractivity contribution is 5.93. The molecule has 4 heterocycles. The van der Waals surface area contributed by atoms with Gasteiger partial charge in [0.2, 0.25) is 0 Å². The summed E-state index contributed by atoms with van der Waals surface area (Å²) in [5.41, 5.74) is 11.2. The third-order valence-corrected chi connectivity index (χ3v) is 11.0. The van der Waals surface area contributed by atoms with Gasteiger partial charge in [-0.25, -0.2) is 24.7 Å². The molecule has 0 saturated carbocycles. The van der Waals surface area contributed by atoms with E-state index in [9.17, 15) is 15.0 Å². The summed E-state index contributed by atoms with van der Waals surface area (Å²) in [6.07, 6.45) is 3.98. The Kier molecular flexibility index (Phi) is 13.1.